The highest BCUT2D eigenvalue weighted by Gasteiger charge is 2.27. The van der Waals surface area contributed by atoms with Crippen LogP contribution in [0.1, 0.15) is 52.4 Å². The van der Waals surface area contributed by atoms with Gasteiger partial charge in [0.2, 0.25) is 0 Å². The van der Waals surface area contributed by atoms with E-state index in [9.17, 15) is 4.79 Å². The molecule has 0 aromatic heterocycles. The summed E-state index contributed by atoms with van der Waals surface area (Å²) in [5.41, 5.74) is 0. The quantitative estimate of drug-likeness (QED) is 0.855. The molecule has 0 aromatic carbocycles. The predicted molar refractivity (Wildman–Crippen MR) is 76.2 cm³/mol. The molecule has 19 heavy (non-hydrogen) atoms. The summed E-state index contributed by atoms with van der Waals surface area (Å²) in [6.45, 7) is 6.35. The Morgan fingerprint density at radius 3 is 2.53 bits per heavy atom. The number of amides is 1. The van der Waals surface area contributed by atoms with Gasteiger partial charge in [-0.1, -0.05) is 19.8 Å². The summed E-state index contributed by atoms with van der Waals surface area (Å²) in [6, 6.07) is 1.27. The molecule has 0 aromatic rings. The van der Waals surface area contributed by atoms with Crippen molar-refractivity contribution in [3.8, 4) is 0 Å². The summed E-state index contributed by atoms with van der Waals surface area (Å²) < 4.78 is 5.05. The van der Waals surface area contributed by atoms with Crippen LogP contribution < -0.4 is 5.32 Å². The van der Waals surface area contributed by atoms with E-state index in [2.05, 4.69) is 12.2 Å². The minimum absolute atomic E-state index is 0.146. The van der Waals surface area contributed by atoms with Crippen molar-refractivity contribution in [1.29, 1.82) is 0 Å². The zero-order valence-corrected chi connectivity index (χ0v) is 12.4. The number of carbonyl (C=O) groups excluding carboxylic acids is 1. The number of nitrogens with zero attached hydrogens (tertiary/aromatic N) is 1. The van der Waals surface area contributed by atoms with E-state index in [4.69, 9.17) is 4.74 Å². The molecule has 1 aliphatic heterocycles. The van der Waals surface area contributed by atoms with E-state index in [0.717, 1.165) is 31.8 Å². The first-order valence-electron chi connectivity index (χ1n) is 7.88. The predicted octanol–water partition coefficient (Wildman–Crippen LogP) is 2.78. The van der Waals surface area contributed by atoms with Crippen LogP contribution in [0.4, 0.5) is 4.79 Å². The number of nitrogens with one attached hydrogen (secondary N) is 1. The van der Waals surface area contributed by atoms with E-state index in [1.807, 2.05) is 11.8 Å². The van der Waals surface area contributed by atoms with Crippen molar-refractivity contribution >= 4 is 6.09 Å². The number of hydrogen-bond acceptors (Lipinski definition) is 3. The van der Waals surface area contributed by atoms with E-state index < -0.39 is 0 Å². The molecule has 2 aliphatic rings. The minimum atomic E-state index is -0.146. The fraction of sp³-hybridized carbons (Fsp3) is 0.933. The van der Waals surface area contributed by atoms with Crippen LogP contribution >= 0.6 is 0 Å². The van der Waals surface area contributed by atoms with Gasteiger partial charge in [-0.2, -0.15) is 0 Å². The Balaban J connectivity index is 1.72. The fourth-order valence-corrected chi connectivity index (χ4v) is 3.31. The number of likely N-dealkylation sites (tertiary alicyclic amines) is 1. The molecule has 0 unspecified atom stereocenters. The van der Waals surface area contributed by atoms with Crippen LogP contribution in [0.15, 0.2) is 0 Å². The molecule has 2 rings (SSSR count). The minimum Gasteiger partial charge on any atom is -0.450 e. The van der Waals surface area contributed by atoms with E-state index in [-0.39, 0.29) is 6.09 Å². The molecular weight excluding hydrogens is 240 g/mol. The van der Waals surface area contributed by atoms with E-state index in [1.54, 1.807) is 0 Å². The molecule has 1 heterocycles. The third kappa shape index (κ3) is 4.10. The van der Waals surface area contributed by atoms with Gasteiger partial charge in [-0.05, 0) is 38.5 Å². The van der Waals surface area contributed by atoms with Crippen LogP contribution in [-0.4, -0.2) is 42.8 Å². The molecule has 1 saturated heterocycles. The Labute approximate surface area is 116 Å². The Kier molecular flexibility index (Phi) is 5.49. The molecule has 1 aliphatic carbocycles. The second-order valence-electron chi connectivity index (χ2n) is 6.00. The molecule has 110 valence electrons. The molecule has 2 atom stereocenters. The first-order chi connectivity index (χ1) is 9.20. The highest BCUT2D eigenvalue weighted by atomic mass is 16.6. The van der Waals surface area contributed by atoms with Gasteiger partial charge in [-0.25, -0.2) is 4.79 Å². The molecule has 4 heteroatoms. The largest absolute Gasteiger partial charge is 0.450 e. The highest BCUT2D eigenvalue weighted by Crippen LogP contribution is 2.25. The zero-order valence-electron chi connectivity index (χ0n) is 12.4. The van der Waals surface area contributed by atoms with Gasteiger partial charge < -0.3 is 15.0 Å². The fourth-order valence-electron chi connectivity index (χ4n) is 3.31. The smallest absolute Gasteiger partial charge is 0.409 e. The van der Waals surface area contributed by atoms with Crippen molar-refractivity contribution in [3.63, 3.8) is 0 Å². The molecule has 1 saturated carbocycles. The molecule has 2 fully saturated rings. The van der Waals surface area contributed by atoms with E-state index >= 15 is 0 Å². The van der Waals surface area contributed by atoms with Gasteiger partial charge in [-0.3, -0.25) is 0 Å². The number of rotatable bonds is 3. The van der Waals surface area contributed by atoms with Crippen molar-refractivity contribution < 1.29 is 9.53 Å². The second kappa shape index (κ2) is 7.13. The van der Waals surface area contributed by atoms with Crippen molar-refractivity contribution in [1.82, 2.24) is 10.2 Å². The van der Waals surface area contributed by atoms with Gasteiger partial charge >= 0.3 is 6.09 Å². The maximum atomic E-state index is 11.6. The lowest BCUT2D eigenvalue weighted by Crippen LogP contribution is -2.50. The number of hydrogen-bond donors (Lipinski definition) is 1. The first-order valence-corrected chi connectivity index (χ1v) is 7.88. The van der Waals surface area contributed by atoms with Gasteiger partial charge in [0, 0.05) is 25.2 Å². The summed E-state index contributed by atoms with van der Waals surface area (Å²) in [7, 11) is 0. The molecule has 4 nitrogen and oxygen atoms in total. The monoisotopic (exact) mass is 268 g/mol. The van der Waals surface area contributed by atoms with Gasteiger partial charge in [0.25, 0.3) is 0 Å². The SMILES string of the molecule is CCOC(=O)N1CCC(N[C@H]2CCCC[C@@H]2C)CC1. The van der Waals surface area contributed by atoms with Crippen LogP contribution in [0, 0.1) is 5.92 Å². The Morgan fingerprint density at radius 1 is 1.21 bits per heavy atom. The Morgan fingerprint density at radius 2 is 1.89 bits per heavy atom. The zero-order chi connectivity index (χ0) is 13.7. The normalized spacial score (nSPS) is 29.3. The molecule has 0 bridgehead atoms. The molecule has 1 N–H and O–H groups in total. The van der Waals surface area contributed by atoms with Gasteiger partial charge in [0.15, 0.2) is 0 Å². The lowest BCUT2D eigenvalue weighted by atomic mass is 9.85. The second-order valence-corrected chi connectivity index (χ2v) is 6.00. The van der Waals surface area contributed by atoms with Gasteiger partial charge in [0.1, 0.15) is 0 Å². The third-order valence-electron chi connectivity index (χ3n) is 4.58. The average Bonchev–Trinajstić information content (AvgIpc) is 2.42. The summed E-state index contributed by atoms with van der Waals surface area (Å²) in [4.78, 5) is 13.5. The van der Waals surface area contributed by atoms with E-state index in [1.165, 1.54) is 25.7 Å². The summed E-state index contributed by atoms with van der Waals surface area (Å²) in [5.74, 6) is 0.803. The standard InChI is InChI=1S/C15H28N2O2/c1-3-19-15(18)17-10-8-13(9-11-17)16-14-7-5-4-6-12(14)2/h12-14,16H,3-11H2,1-2H3/t12-,14-/m0/s1. The van der Waals surface area contributed by atoms with Crippen molar-refractivity contribution in [2.45, 2.75) is 64.5 Å². The molecule has 1 amide bonds. The van der Waals surface area contributed by atoms with Crippen molar-refractivity contribution in [2.24, 2.45) is 5.92 Å². The maximum Gasteiger partial charge on any atom is 0.409 e. The summed E-state index contributed by atoms with van der Waals surface area (Å²) in [5, 5.41) is 3.82. The maximum absolute atomic E-state index is 11.6. The lowest BCUT2D eigenvalue weighted by Gasteiger charge is -2.37. The lowest BCUT2D eigenvalue weighted by molar-refractivity contribution is 0.0924. The third-order valence-corrected chi connectivity index (χ3v) is 4.58. The van der Waals surface area contributed by atoms with Crippen LogP contribution in [0.25, 0.3) is 0 Å². The summed E-state index contributed by atoms with van der Waals surface area (Å²) >= 11 is 0. The average molecular weight is 268 g/mol. The van der Waals surface area contributed by atoms with Gasteiger partial charge in [0.05, 0.1) is 6.61 Å². The molecule has 0 radical (unpaired) electrons. The molecular formula is C15H28N2O2. The van der Waals surface area contributed by atoms with Crippen molar-refractivity contribution in [2.75, 3.05) is 19.7 Å². The van der Waals surface area contributed by atoms with Gasteiger partial charge in [-0.15, -0.1) is 0 Å². The first kappa shape index (κ1) is 14.6. The van der Waals surface area contributed by atoms with Crippen LogP contribution in [0.5, 0.6) is 0 Å². The highest BCUT2D eigenvalue weighted by molar-refractivity contribution is 5.67. The Bertz CT molecular complexity index is 288. The summed E-state index contributed by atoms with van der Waals surface area (Å²) in [6.07, 6.45) is 7.40. The number of carbonyl (C=O) groups is 1. The number of ether oxygens (including phenoxy) is 1. The topological polar surface area (TPSA) is 41.6 Å². The van der Waals surface area contributed by atoms with Crippen LogP contribution in [0.2, 0.25) is 0 Å². The van der Waals surface area contributed by atoms with Crippen molar-refractivity contribution in [3.05, 3.63) is 0 Å². The van der Waals surface area contributed by atoms with Crippen LogP contribution in [-0.2, 0) is 4.74 Å². The molecule has 0 spiro atoms. The number of piperidine rings is 1. The van der Waals surface area contributed by atoms with E-state index in [0.29, 0.717) is 18.7 Å². The Hall–Kier alpha value is -0.770. The van der Waals surface area contributed by atoms with Crippen LogP contribution in [0.3, 0.4) is 0 Å².